The number of nitrogens with zero attached hydrogens (tertiary/aromatic N) is 1. The van der Waals surface area contributed by atoms with Crippen LogP contribution < -0.4 is 16.8 Å². The average Bonchev–Trinajstić information content (AvgIpc) is 3.36. The lowest BCUT2D eigenvalue weighted by Gasteiger charge is -2.41. The maximum absolute atomic E-state index is 12.3. The summed E-state index contributed by atoms with van der Waals surface area (Å²) in [5.41, 5.74) is 12.9. The smallest absolute Gasteiger partial charge is 0.243 e. The second kappa shape index (κ2) is 6.60. The molecule has 7 heteroatoms. The highest BCUT2D eigenvalue weighted by molar-refractivity contribution is 5.95. The lowest BCUT2D eigenvalue weighted by molar-refractivity contribution is -0.148. The topological polar surface area (TPSA) is 125 Å². The Bertz CT molecular complexity index is 653. The molecule has 2 atom stereocenters. The number of nitrogens with two attached hydrogens (primary N) is 2. The third-order valence-electron chi connectivity index (χ3n) is 4.75. The fourth-order valence-electron chi connectivity index (χ4n) is 2.88. The largest absolute Gasteiger partial charge is 0.384 e. The average molecular weight is 329 g/mol. The number of amidine groups is 1. The Hall–Kier alpha value is -2.41. The third-order valence-corrected chi connectivity index (χ3v) is 4.75. The van der Waals surface area contributed by atoms with Crippen molar-refractivity contribution in [2.24, 2.45) is 17.4 Å². The second-order valence-electron chi connectivity index (χ2n) is 6.53. The van der Waals surface area contributed by atoms with Gasteiger partial charge in [-0.2, -0.15) is 0 Å². The predicted octanol–water partition coefficient (Wildman–Crippen LogP) is -0.0749. The summed E-state index contributed by atoms with van der Waals surface area (Å²) in [5, 5.41) is 10.2. The van der Waals surface area contributed by atoms with Crippen LogP contribution in [0.5, 0.6) is 0 Å². The number of nitrogen functional groups attached to an aromatic ring is 1. The minimum absolute atomic E-state index is 0.0150. The van der Waals surface area contributed by atoms with Crippen molar-refractivity contribution in [1.82, 2.24) is 10.2 Å². The molecular formula is C17H23N5O2. The number of carbonyl (C=O) groups excluding carboxylic acids is 2. The van der Waals surface area contributed by atoms with E-state index in [9.17, 15) is 9.59 Å². The van der Waals surface area contributed by atoms with Gasteiger partial charge in [-0.3, -0.25) is 15.0 Å². The molecule has 0 bridgehead atoms. The summed E-state index contributed by atoms with van der Waals surface area (Å²) in [6, 6.07) is 6.28. The van der Waals surface area contributed by atoms with E-state index in [0.717, 1.165) is 18.4 Å². The van der Waals surface area contributed by atoms with Crippen LogP contribution in [-0.4, -0.2) is 41.2 Å². The Labute approximate surface area is 140 Å². The molecule has 2 amide bonds. The number of benzene rings is 1. The van der Waals surface area contributed by atoms with E-state index in [1.807, 2.05) is 12.1 Å². The third kappa shape index (κ3) is 3.41. The van der Waals surface area contributed by atoms with Crippen molar-refractivity contribution in [2.45, 2.75) is 37.9 Å². The predicted molar refractivity (Wildman–Crippen MR) is 90.1 cm³/mol. The highest BCUT2D eigenvalue weighted by Gasteiger charge is 2.43. The minimum atomic E-state index is -0.459. The van der Waals surface area contributed by atoms with Gasteiger partial charge in [0.2, 0.25) is 11.8 Å². The van der Waals surface area contributed by atoms with Gasteiger partial charge in [-0.25, -0.2) is 0 Å². The van der Waals surface area contributed by atoms with Crippen molar-refractivity contribution in [3.05, 3.63) is 35.4 Å². The Morgan fingerprint density at radius 3 is 2.42 bits per heavy atom. The van der Waals surface area contributed by atoms with Crippen molar-refractivity contribution >= 4 is 17.6 Å². The van der Waals surface area contributed by atoms with E-state index in [-0.39, 0.29) is 17.6 Å². The van der Waals surface area contributed by atoms with Crippen molar-refractivity contribution in [2.75, 3.05) is 6.54 Å². The molecule has 7 nitrogen and oxygen atoms in total. The van der Waals surface area contributed by atoms with Crippen LogP contribution in [0.15, 0.2) is 24.3 Å². The molecule has 2 aliphatic rings. The van der Waals surface area contributed by atoms with Gasteiger partial charge >= 0.3 is 0 Å². The first-order valence-electron chi connectivity index (χ1n) is 8.24. The Morgan fingerprint density at radius 1 is 1.25 bits per heavy atom. The van der Waals surface area contributed by atoms with Gasteiger partial charge < -0.3 is 21.7 Å². The number of rotatable bonds is 6. The maximum Gasteiger partial charge on any atom is 0.243 e. The molecule has 1 saturated heterocycles. The van der Waals surface area contributed by atoms with Gasteiger partial charge in [0.25, 0.3) is 0 Å². The molecule has 128 valence electrons. The van der Waals surface area contributed by atoms with E-state index in [0.29, 0.717) is 31.0 Å². The summed E-state index contributed by atoms with van der Waals surface area (Å²) in [5.74, 6) is 0.0609. The van der Waals surface area contributed by atoms with E-state index < -0.39 is 12.1 Å². The van der Waals surface area contributed by atoms with Gasteiger partial charge in [0.1, 0.15) is 11.9 Å². The zero-order valence-corrected chi connectivity index (χ0v) is 13.5. The van der Waals surface area contributed by atoms with Gasteiger partial charge in [0.05, 0.1) is 6.04 Å². The number of nitrogens with one attached hydrogen (secondary N) is 2. The number of hydrogen-bond donors (Lipinski definition) is 4. The Kier molecular flexibility index (Phi) is 4.53. The molecule has 2 fully saturated rings. The van der Waals surface area contributed by atoms with E-state index in [4.69, 9.17) is 16.9 Å². The number of hydrogen-bond acceptors (Lipinski definition) is 4. The fraction of sp³-hybridized carbons (Fsp3) is 0.471. The zero-order valence-electron chi connectivity index (χ0n) is 13.5. The number of likely N-dealkylation sites (tertiary alicyclic amines) is 1. The minimum Gasteiger partial charge on any atom is -0.384 e. The van der Waals surface area contributed by atoms with Crippen LogP contribution in [0.3, 0.4) is 0 Å². The molecule has 6 N–H and O–H groups in total. The van der Waals surface area contributed by atoms with Crippen LogP contribution in [0, 0.1) is 11.3 Å². The van der Waals surface area contributed by atoms with Crippen LogP contribution in [0.1, 0.15) is 30.4 Å². The zero-order chi connectivity index (χ0) is 17.3. The number of carbonyl (C=O) groups is 2. The first kappa shape index (κ1) is 16.4. The van der Waals surface area contributed by atoms with Gasteiger partial charge in [-0.05, 0) is 30.7 Å². The monoisotopic (exact) mass is 329 g/mol. The molecule has 3 rings (SSSR count). The van der Waals surface area contributed by atoms with Crippen molar-refractivity contribution in [3.8, 4) is 0 Å². The quantitative estimate of drug-likeness (QED) is 0.430. The van der Waals surface area contributed by atoms with E-state index in [2.05, 4.69) is 5.32 Å². The van der Waals surface area contributed by atoms with Gasteiger partial charge in [-0.1, -0.05) is 24.3 Å². The summed E-state index contributed by atoms with van der Waals surface area (Å²) < 4.78 is 0. The van der Waals surface area contributed by atoms with Crippen LogP contribution >= 0.6 is 0 Å². The SMILES string of the molecule is N=C(N)c1ccc(CNC(=O)C2CCN2C(=O)C(N)C2CC2)cc1. The molecular weight excluding hydrogens is 306 g/mol. The van der Waals surface area contributed by atoms with E-state index in [1.165, 1.54) is 0 Å². The summed E-state index contributed by atoms with van der Waals surface area (Å²) in [6.45, 7) is 0.981. The molecule has 1 saturated carbocycles. The maximum atomic E-state index is 12.3. The van der Waals surface area contributed by atoms with Crippen LogP contribution in [0.2, 0.25) is 0 Å². The molecule has 1 aromatic carbocycles. The molecule has 2 unspecified atom stereocenters. The van der Waals surface area contributed by atoms with E-state index in [1.54, 1.807) is 17.0 Å². The first-order chi connectivity index (χ1) is 11.5. The van der Waals surface area contributed by atoms with Crippen LogP contribution in [-0.2, 0) is 16.1 Å². The Balaban J connectivity index is 1.51. The highest BCUT2D eigenvalue weighted by Crippen LogP contribution is 2.33. The first-order valence-corrected chi connectivity index (χ1v) is 8.24. The Morgan fingerprint density at radius 2 is 1.92 bits per heavy atom. The van der Waals surface area contributed by atoms with Crippen LogP contribution in [0.25, 0.3) is 0 Å². The second-order valence-corrected chi connectivity index (χ2v) is 6.53. The summed E-state index contributed by atoms with van der Waals surface area (Å²) >= 11 is 0. The molecule has 1 heterocycles. The highest BCUT2D eigenvalue weighted by atomic mass is 16.2. The molecule has 24 heavy (non-hydrogen) atoms. The molecule has 0 spiro atoms. The van der Waals surface area contributed by atoms with Gasteiger partial charge in [-0.15, -0.1) is 0 Å². The van der Waals surface area contributed by atoms with Gasteiger partial charge in [0.15, 0.2) is 0 Å². The normalized spacial score (nSPS) is 20.9. The molecule has 1 aliphatic carbocycles. The standard InChI is InChI=1S/C17H23N5O2/c18-14(11-5-6-11)17(24)22-8-7-13(22)16(23)21-9-10-1-3-12(4-2-10)15(19)20/h1-4,11,13-14H,5-9,18H2,(H3,19,20)(H,21,23). The van der Waals surface area contributed by atoms with E-state index >= 15 is 0 Å². The van der Waals surface area contributed by atoms with Gasteiger partial charge in [0, 0.05) is 18.7 Å². The van der Waals surface area contributed by atoms with Crippen molar-refractivity contribution in [1.29, 1.82) is 5.41 Å². The van der Waals surface area contributed by atoms with Crippen molar-refractivity contribution < 1.29 is 9.59 Å². The lowest BCUT2D eigenvalue weighted by atomic mass is 9.99. The summed E-state index contributed by atoms with van der Waals surface area (Å²) in [4.78, 5) is 26.2. The van der Waals surface area contributed by atoms with Crippen molar-refractivity contribution in [3.63, 3.8) is 0 Å². The fourth-order valence-corrected chi connectivity index (χ4v) is 2.88. The lowest BCUT2D eigenvalue weighted by Crippen LogP contribution is -2.61. The molecule has 1 aliphatic heterocycles. The molecule has 1 aromatic rings. The summed E-state index contributed by atoms with van der Waals surface area (Å²) in [7, 11) is 0. The van der Waals surface area contributed by atoms with Crippen LogP contribution in [0.4, 0.5) is 0 Å². The molecule has 0 aromatic heterocycles. The summed E-state index contributed by atoms with van der Waals surface area (Å²) in [6.07, 6.45) is 2.69. The number of amides is 2. The molecule has 0 radical (unpaired) electrons.